The molecule has 46 heavy (non-hydrogen) atoms. The maximum absolute atomic E-state index is 5.70. The first-order chi connectivity index (χ1) is 22.0. The molecule has 0 radical (unpaired) electrons. The molecule has 0 aliphatic rings. The third kappa shape index (κ3) is 15.9. The monoisotopic (exact) mass is 734 g/mol. The van der Waals surface area contributed by atoms with Crippen LogP contribution in [0.3, 0.4) is 0 Å². The van der Waals surface area contributed by atoms with E-state index < -0.39 is 35.2 Å². The molecule has 0 unspecified atom stereocenters. The molecule has 0 aromatic carbocycles. The summed E-state index contributed by atoms with van der Waals surface area (Å²) in [5.41, 5.74) is 0. The van der Waals surface area contributed by atoms with Crippen molar-refractivity contribution in [3.05, 3.63) is 0 Å². The van der Waals surface area contributed by atoms with Crippen LogP contribution in [0, 0.1) is 17.8 Å². The standard InChI is InChI=1S/C30H70O12Si4/c1-28(26-29(18-14-22-43(31-2,32-3)33-4)19-15-23-44(34-5,35-6)36-7)27-30(20-16-24-45(37-8,38-9)39-10)21-17-25-46(40-11,41-12)42-13/h28-30H,14-27H2,1-13H3. The fourth-order valence-electron chi connectivity index (χ4n) is 6.65. The first-order valence-electron chi connectivity index (χ1n) is 16.6. The van der Waals surface area contributed by atoms with Crippen LogP contribution in [0.1, 0.15) is 71.1 Å². The zero-order chi connectivity index (χ0) is 35.1. The van der Waals surface area contributed by atoms with Gasteiger partial charge < -0.3 is 53.1 Å². The van der Waals surface area contributed by atoms with Crippen molar-refractivity contribution in [2.75, 3.05) is 85.3 Å². The molecule has 278 valence electrons. The molecule has 0 rings (SSSR count). The van der Waals surface area contributed by atoms with Gasteiger partial charge in [0.15, 0.2) is 0 Å². The molecule has 0 aliphatic heterocycles. The molecule has 0 saturated carbocycles. The summed E-state index contributed by atoms with van der Waals surface area (Å²) in [6.07, 6.45) is 10.5. The predicted octanol–water partition coefficient (Wildman–Crippen LogP) is 6.27. The first kappa shape index (κ1) is 46.4. The van der Waals surface area contributed by atoms with Gasteiger partial charge in [-0.15, -0.1) is 0 Å². The second-order valence-corrected chi connectivity index (χ2v) is 24.4. The van der Waals surface area contributed by atoms with Crippen LogP contribution in [0.5, 0.6) is 0 Å². The molecule has 0 aromatic heterocycles. The highest BCUT2D eigenvalue weighted by Crippen LogP contribution is 2.34. The van der Waals surface area contributed by atoms with Crippen molar-refractivity contribution < 1.29 is 53.1 Å². The van der Waals surface area contributed by atoms with Gasteiger partial charge in [-0.25, -0.2) is 0 Å². The Labute approximate surface area is 286 Å². The van der Waals surface area contributed by atoms with E-state index in [1.165, 1.54) is 0 Å². The minimum Gasteiger partial charge on any atom is -0.377 e. The first-order valence-corrected chi connectivity index (χ1v) is 24.3. The van der Waals surface area contributed by atoms with E-state index in [0.29, 0.717) is 17.8 Å². The smallest absolute Gasteiger partial charge is 0.377 e. The van der Waals surface area contributed by atoms with E-state index in [0.717, 1.165) is 88.4 Å². The van der Waals surface area contributed by atoms with Crippen molar-refractivity contribution in [3.8, 4) is 0 Å². The largest absolute Gasteiger partial charge is 0.500 e. The molecule has 0 aliphatic carbocycles. The van der Waals surface area contributed by atoms with Crippen LogP contribution in [0.15, 0.2) is 0 Å². The zero-order valence-electron chi connectivity index (χ0n) is 31.5. The van der Waals surface area contributed by atoms with E-state index in [9.17, 15) is 0 Å². The van der Waals surface area contributed by atoms with Gasteiger partial charge >= 0.3 is 35.2 Å². The zero-order valence-corrected chi connectivity index (χ0v) is 35.5. The molecule has 16 heteroatoms. The van der Waals surface area contributed by atoms with Crippen molar-refractivity contribution in [1.82, 2.24) is 0 Å². The molecule has 0 aromatic rings. The van der Waals surface area contributed by atoms with Crippen molar-refractivity contribution in [2.24, 2.45) is 17.8 Å². The Balaban J connectivity index is 5.68. The van der Waals surface area contributed by atoms with Crippen LogP contribution >= 0.6 is 0 Å². The van der Waals surface area contributed by atoms with E-state index in [4.69, 9.17) is 53.1 Å². The van der Waals surface area contributed by atoms with E-state index in [2.05, 4.69) is 6.92 Å². The van der Waals surface area contributed by atoms with Crippen LogP contribution in [0.2, 0.25) is 24.2 Å². The summed E-state index contributed by atoms with van der Waals surface area (Å²) in [6.45, 7) is 2.40. The Morgan fingerprint density at radius 3 is 0.652 bits per heavy atom. The summed E-state index contributed by atoms with van der Waals surface area (Å²) in [4.78, 5) is 0. The number of hydrogen-bond donors (Lipinski definition) is 0. The third-order valence-electron chi connectivity index (χ3n) is 9.58. The lowest BCUT2D eigenvalue weighted by atomic mass is 9.82. The Hall–Kier alpha value is 0.388. The molecule has 0 bridgehead atoms. The minimum absolute atomic E-state index is 0.538. The second-order valence-electron chi connectivity index (χ2n) is 12.1. The Kier molecular flexibility index (Phi) is 25.6. The topological polar surface area (TPSA) is 111 Å². The van der Waals surface area contributed by atoms with Gasteiger partial charge in [0.25, 0.3) is 0 Å². The lowest BCUT2D eigenvalue weighted by Crippen LogP contribution is -2.43. The van der Waals surface area contributed by atoms with Gasteiger partial charge in [0.1, 0.15) is 0 Å². The van der Waals surface area contributed by atoms with E-state index in [-0.39, 0.29) is 0 Å². The Bertz CT molecular complexity index is 583. The summed E-state index contributed by atoms with van der Waals surface area (Å²) in [6, 6.07) is 3.19. The molecular weight excluding hydrogens is 665 g/mol. The summed E-state index contributed by atoms with van der Waals surface area (Å²) in [5.74, 6) is 1.62. The van der Waals surface area contributed by atoms with Gasteiger partial charge in [0.05, 0.1) is 0 Å². The summed E-state index contributed by atoms with van der Waals surface area (Å²) in [7, 11) is 9.70. The molecule has 0 amide bonds. The van der Waals surface area contributed by atoms with Crippen LogP contribution in [-0.4, -0.2) is 121 Å². The molecule has 0 spiro atoms. The second kappa shape index (κ2) is 25.4. The Morgan fingerprint density at radius 1 is 0.326 bits per heavy atom. The normalized spacial score (nSPS) is 13.6. The maximum atomic E-state index is 5.70. The van der Waals surface area contributed by atoms with Crippen molar-refractivity contribution in [2.45, 2.75) is 95.3 Å². The van der Waals surface area contributed by atoms with Gasteiger partial charge in [-0.05, 0) is 56.3 Å². The highest BCUT2D eigenvalue weighted by molar-refractivity contribution is 6.61. The average molecular weight is 735 g/mol. The van der Waals surface area contributed by atoms with Crippen molar-refractivity contribution >= 4 is 35.2 Å². The summed E-state index contributed by atoms with van der Waals surface area (Å²) < 4.78 is 68.3. The number of rotatable bonds is 32. The summed E-state index contributed by atoms with van der Waals surface area (Å²) >= 11 is 0. The minimum atomic E-state index is -2.62. The molecule has 0 fully saturated rings. The SMILES string of the molecule is CO[Si](CCCC(CCC[Si](OC)(OC)OC)CC(C)CC(CCC[Si](OC)(OC)OC)CCC[Si](OC)(OC)OC)(OC)OC. The van der Waals surface area contributed by atoms with Crippen LogP contribution < -0.4 is 0 Å². The molecule has 0 saturated heterocycles. The van der Waals surface area contributed by atoms with Crippen LogP contribution in [0.4, 0.5) is 0 Å². The Morgan fingerprint density at radius 2 is 0.500 bits per heavy atom. The van der Waals surface area contributed by atoms with E-state index >= 15 is 0 Å². The van der Waals surface area contributed by atoms with Gasteiger partial charge in [0.2, 0.25) is 0 Å². The fourth-order valence-corrected chi connectivity index (χ4v) is 13.6. The van der Waals surface area contributed by atoms with Gasteiger partial charge in [-0.3, -0.25) is 0 Å². The molecule has 0 atom stereocenters. The predicted molar refractivity (Wildman–Crippen MR) is 189 cm³/mol. The van der Waals surface area contributed by atoms with Crippen LogP contribution in [-0.2, 0) is 53.1 Å². The van der Waals surface area contributed by atoms with Crippen molar-refractivity contribution in [1.29, 1.82) is 0 Å². The van der Waals surface area contributed by atoms with Crippen molar-refractivity contribution in [3.63, 3.8) is 0 Å². The lowest BCUT2D eigenvalue weighted by Gasteiger charge is -2.29. The van der Waals surface area contributed by atoms with Gasteiger partial charge in [-0.1, -0.05) is 32.6 Å². The highest BCUT2D eigenvalue weighted by atomic mass is 28.4. The molecule has 0 heterocycles. The van der Waals surface area contributed by atoms with Gasteiger partial charge in [0, 0.05) is 109 Å². The maximum Gasteiger partial charge on any atom is 0.500 e. The van der Waals surface area contributed by atoms with E-state index in [1.54, 1.807) is 85.3 Å². The molecular formula is C30H70O12Si4. The lowest BCUT2D eigenvalue weighted by molar-refractivity contribution is 0.120. The molecule has 0 N–H and O–H groups in total. The average Bonchev–Trinajstić information content (AvgIpc) is 3.09. The van der Waals surface area contributed by atoms with Gasteiger partial charge in [-0.2, -0.15) is 0 Å². The quantitative estimate of drug-likeness (QED) is 0.0727. The summed E-state index contributed by atoms with van der Waals surface area (Å²) in [5, 5.41) is 0. The molecule has 12 nitrogen and oxygen atoms in total. The third-order valence-corrected chi connectivity index (χ3v) is 20.9. The fraction of sp³-hybridized carbons (Fsp3) is 1.00. The number of hydrogen-bond acceptors (Lipinski definition) is 12. The van der Waals surface area contributed by atoms with Crippen LogP contribution in [0.25, 0.3) is 0 Å². The van der Waals surface area contributed by atoms with E-state index in [1.807, 2.05) is 0 Å². The highest BCUT2D eigenvalue weighted by Gasteiger charge is 2.40.